The molecule has 0 aromatic heterocycles. The van der Waals surface area contributed by atoms with E-state index in [1.807, 2.05) is 30.3 Å². The molecule has 34 heavy (non-hydrogen) atoms. The first-order chi connectivity index (χ1) is 16.6. The zero-order valence-electron chi connectivity index (χ0n) is 20.0. The third-order valence-electron chi connectivity index (χ3n) is 6.53. The summed E-state index contributed by atoms with van der Waals surface area (Å²) in [6.07, 6.45) is 1.83. The number of rotatable bonds is 6. The topological polar surface area (TPSA) is 42.0 Å². The van der Waals surface area contributed by atoms with Gasteiger partial charge < -0.3 is 14.4 Å². The lowest BCUT2D eigenvalue weighted by atomic mass is 10.0. The molecule has 0 unspecified atom stereocenters. The molecule has 0 aliphatic carbocycles. The van der Waals surface area contributed by atoms with E-state index in [4.69, 9.17) is 9.47 Å². The first-order valence-electron chi connectivity index (χ1n) is 11.9. The van der Waals surface area contributed by atoms with Crippen molar-refractivity contribution in [2.24, 2.45) is 0 Å². The van der Waals surface area contributed by atoms with Crippen molar-refractivity contribution >= 4 is 17.5 Å². The number of benzene rings is 3. The monoisotopic (exact) mass is 454 g/mol. The predicted octanol–water partition coefficient (Wildman–Crippen LogP) is 5.81. The van der Waals surface area contributed by atoms with E-state index in [1.165, 1.54) is 16.8 Å². The number of carbonyl (C=O) groups excluding carboxylic acids is 1. The summed E-state index contributed by atoms with van der Waals surface area (Å²) < 4.78 is 12.2. The van der Waals surface area contributed by atoms with Crippen molar-refractivity contribution < 1.29 is 14.3 Å². The van der Waals surface area contributed by atoms with Crippen molar-refractivity contribution in [1.29, 1.82) is 0 Å². The van der Waals surface area contributed by atoms with Gasteiger partial charge in [-0.3, -0.25) is 9.69 Å². The Morgan fingerprint density at radius 1 is 0.971 bits per heavy atom. The lowest BCUT2D eigenvalue weighted by Crippen LogP contribution is -2.31. The summed E-state index contributed by atoms with van der Waals surface area (Å²) in [4.78, 5) is 17.6. The van der Waals surface area contributed by atoms with Crippen LogP contribution in [0.2, 0.25) is 0 Å². The Bertz CT molecular complexity index is 1230. The van der Waals surface area contributed by atoms with Crippen molar-refractivity contribution in [3.8, 4) is 11.5 Å². The maximum atomic E-state index is 13.1. The molecule has 3 aromatic rings. The molecular weight excluding hydrogens is 424 g/mol. The van der Waals surface area contributed by atoms with Gasteiger partial charge in [-0.25, -0.2) is 0 Å². The SMILES string of the molecule is CCN(CC)c1ccc(/C=C2\Oc3c(ccc4c3CN(Cc3ccc(C)cc3)CO4)C2=O)cc1. The van der Waals surface area contributed by atoms with Gasteiger partial charge in [0.25, 0.3) is 0 Å². The van der Waals surface area contributed by atoms with Gasteiger partial charge in [-0.15, -0.1) is 0 Å². The second-order valence-electron chi connectivity index (χ2n) is 8.87. The number of fused-ring (bicyclic) bond motifs is 3. The molecule has 5 heteroatoms. The van der Waals surface area contributed by atoms with Crippen LogP contribution in [0.15, 0.2) is 66.4 Å². The first kappa shape index (κ1) is 22.2. The van der Waals surface area contributed by atoms with Crippen molar-refractivity contribution in [3.63, 3.8) is 0 Å². The number of allylic oxidation sites excluding steroid dienone is 1. The molecule has 2 aliphatic heterocycles. The van der Waals surface area contributed by atoms with Crippen LogP contribution >= 0.6 is 0 Å². The van der Waals surface area contributed by atoms with Crippen LogP contribution in [0.1, 0.15) is 46.5 Å². The van der Waals surface area contributed by atoms with Gasteiger partial charge in [0.1, 0.15) is 18.2 Å². The van der Waals surface area contributed by atoms with Crippen molar-refractivity contribution in [3.05, 3.63) is 94.2 Å². The van der Waals surface area contributed by atoms with Gasteiger partial charge in [0.05, 0.1) is 11.1 Å². The van der Waals surface area contributed by atoms with Crippen molar-refractivity contribution in [2.75, 3.05) is 24.7 Å². The van der Waals surface area contributed by atoms with Crippen molar-refractivity contribution in [2.45, 2.75) is 33.9 Å². The minimum absolute atomic E-state index is 0.0822. The maximum Gasteiger partial charge on any atom is 0.231 e. The number of Topliss-reactive ketones (excluding diaryl/α,β-unsaturated/α-hetero) is 1. The zero-order chi connectivity index (χ0) is 23.7. The predicted molar refractivity (Wildman–Crippen MR) is 135 cm³/mol. The van der Waals surface area contributed by atoms with E-state index >= 15 is 0 Å². The highest BCUT2D eigenvalue weighted by Gasteiger charge is 2.33. The number of ketones is 1. The molecule has 5 nitrogen and oxygen atoms in total. The van der Waals surface area contributed by atoms with Crippen LogP contribution in [0, 0.1) is 6.92 Å². The Labute approximate surface area is 201 Å². The van der Waals surface area contributed by atoms with Gasteiger partial charge >= 0.3 is 0 Å². The molecule has 3 aromatic carbocycles. The summed E-state index contributed by atoms with van der Waals surface area (Å²) in [5.41, 5.74) is 6.13. The van der Waals surface area contributed by atoms with Crippen LogP contribution in [-0.4, -0.2) is 30.5 Å². The molecule has 0 radical (unpaired) electrons. The smallest absolute Gasteiger partial charge is 0.231 e. The highest BCUT2D eigenvalue weighted by Crippen LogP contribution is 2.42. The van der Waals surface area contributed by atoms with Crippen LogP contribution in [0.3, 0.4) is 0 Å². The summed E-state index contributed by atoms with van der Waals surface area (Å²) in [5.74, 6) is 1.69. The van der Waals surface area contributed by atoms with Gasteiger partial charge in [-0.2, -0.15) is 0 Å². The average Bonchev–Trinajstić information content (AvgIpc) is 3.18. The van der Waals surface area contributed by atoms with Gasteiger partial charge in [-0.1, -0.05) is 42.0 Å². The Morgan fingerprint density at radius 2 is 1.71 bits per heavy atom. The number of hydrogen-bond donors (Lipinski definition) is 0. The van der Waals surface area contributed by atoms with Crippen LogP contribution in [0.4, 0.5) is 5.69 Å². The van der Waals surface area contributed by atoms with E-state index in [2.05, 4.69) is 67.0 Å². The average molecular weight is 455 g/mol. The molecule has 174 valence electrons. The summed E-state index contributed by atoms with van der Waals surface area (Å²) in [5, 5.41) is 0. The van der Waals surface area contributed by atoms with Crippen LogP contribution in [0.25, 0.3) is 6.08 Å². The molecule has 2 heterocycles. The van der Waals surface area contributed by atoms with Gasteiger partial charge in [0.2, 0.25) is 5.78 Å². The minimum atomic E-state index is -0.0822. The van der Waals surface area contributed by atoms with E-state index in [9.17, 15) is 4.79 Å². The van der Waals surface area contributed by atoms with E-state index in [1.54, 1.807) is 0 Å². The summed E-state index contributed by atoms with van der Waals surface area (Å²) in [6.45, 7) is 10.3. The molecule has 0 spiro atoms. The number of aryl methyl sites for hydroxylation is 1. The Kier molecular flexibility index (Phi) is 6.12. The van der Waals surface area contributed by atoms with Gasteiger partial charge in [-0.05, 0) is 62.2 Å². The van der Waals surface area contributed by atoms with Crippen molar-refractivity contribution in [1.82, 2.24) is 4.90 Å². The summed E-state index contributed by atoms with van der Waals surface area (Å²) >= 11 is 0. The van der Waals surface area contributed by atoms with Gasteiger partial charge in [0.15, 0.2) is 5.76 Å². The first-order valence-corrected chi connectivity index (χ1v) is 11.9. The van der Waals surface area contributed by atoms with Gasteiger partial charge in [0, 0.05) is 31.9 Å². The largest absolute Gasteiger partial charge is 0.478 e. The molecule has 0 fully saturated rings. The molecule has 0 saturated heterocycles. The minimum Gasteiger partial charge on any atom is -0.478 e. The third kappa shape index (κ3) is 4.31. The maximum absolute atomic E-state index is 13.1. The summed E-state index contributed by atoms with van der Waals surface area (Å²) in [7, 11) is 0. The molecule has 0 bridgehead atoms. The molecule has 0 atom stereocenters. The molecule has 2 aliphatic rings. The number of ether oxygens (including phenoxy) is 2. The number of carbonyl (C=O) groups is 1. The zero-order valence-corrected chi connectivity index (χ0v) is 20.0. The highest BCUT2D eigenvalue weighted by molar-refractivity contribution is 6.15. The fourth-order valence-corrected chi connectivity index (χ4v) is 4.58. The normalized spacial score (nSPS) is 16.1. The van der Waals surface area contributed by atoms with E-state index in [0.717, 1.165) is 36.5 Å². The summed E-state index contributed by atoms with van der Waals surface area (Å²) in [6, 6.07) is 20.5. The van der Waals surface area contributed by atoms with E-state index < -0.39 is 0 Å². The van der Waals surface area contributed by atoms with Crippen LogP contribution < -0.4 is 14.4 Å². The quantitative estimate of drug-likeness (QED) is 0.440. The van der Waals surface area contributed by atoms with Crippen LogP contribution in [0.5, 0.6) is 11.5 Å². The second kappa shape index (κ2) is 9.35. The molecule has 0 N–H and O–H groups in total. The molecular formula is C29H30N2O3. The number of nitrogens with zero attached hydrogens (tertiary/aromatic N) is 2. The second-order valence-corrected chi connectivity index (χ2v) is 8.87. The lowest BCUT2D eigenvalue weighted by Gasteiger charge is -2.29. The fraction of sp³-hybridized carbons (Fsp3) is 0.276. The van der Waals surface area contributed by atoms with E-state index in [-0.39, 0.29) is 5.78 Å². The molecule has 0 saturated carbocycles. The number of hydrogen-bond acceptors (Lipinski definition) is 5. The van der Waals surface area contributed by atoms with E-state index in [0.29, 0.717) is 30.3 Å². The Morgan fingerprint density at radius 3 is 2.41 bits per heavy atom. The van der Waals surface area contributed by atoms with Crippen LogP contribution in [-0.2, 0) is 13.1 Å². The fourth-order valence-electron chi connectivity index (χ4n) is 4.58. The lowest BCUT2D eigenvalue weighted by molar-refractivity contribution is 0.0873. The molecule has 5 rings (SSSR count). The number of anilines is 1. The third-order valence-corrected chi connectivity index (χ3v) is 6.53. The Balaban J connectivity index is 1.36. The standard InChI is InChI=1S/C29H30N2O3/c1-4-31(5-2)23-12-10-21(11-13-23)16-27-28(32)24-14-15-26-25(29(24)34-27)18-30(19-33-26)17-22-8-6-20(3)7-9-22/h6-16H,4-5,17-19H2,1-3H3/b27-16-. The highest BCUT2D eigenvalue weighted by atomic mass is 16.5. The Hall–Kier alpha value is -3.57. The molecule has 0 amide bonds.